The Kier molecular flexibility index (Phi) is 5.89. The van der Waals surface area contributed by atoms with Crippen LogP contribution >= 0.6 is 0 Å². The molecule has 0 aliphatic carbocycles. The van der Waals surface area contributed by atoms with Crippen molar-refractivity contribution in [1.82, 2.24) is 5.43 Å². The number of phenols is 1. The minimum Gasteiger partial charge on any atom is -0.508 e. The van der Waals surface area contributed by atoms with E-state index in [1.54, 1.807) is 18.3 Å². The van der Waals surface area contributed by atoms with E-state index in [-0.39, 0.29) is 18.2 Å². The Balaban J connectivity index is 1.57. The highest BCUT2D eigenvalue weighted by molar-refractivity contribution is 6.03. The van der Waals surface area contributed by atoms with Gasteiger partial charge in [0.15, 0.2) is 0 Å². The maximum absolute atomic E-state index is 13.1. The molecule has 6 heteroatoms. The van der Waals surface area contributed by atoms with Gasteiger partial charge in [0.1, 0.15) is 23.9 Å². The van der Waals surface area contributed by atoms with Gasteiger partial charge in [0, 0.05) is 11.1 Å². The fraction of sp³-hybridized carbons (Fsp3) is 0.0400. The van der Waals surface area contributed by atoms with Gasteiger partial charge >= 0.3 is 0 Å². The van der Waals surface area contributed by atoms with Crippen LogP contribution in [0.4, 0.5) is 4.39 Å². The van der Waals surface area contributed by atoms with Crippen LogP contribution in [0.25, 0.3) is 10.8 Å². The molecule has 154 valence electrons. The van der Waals surface area contributed by atoms with Gasteiger partial charge in [-0.1, -0.05) is 42.5 Å². The number of hydrogen-bond donors (Lipinski definition) is 2. The van der Waals surface area contributed by atoms with Gasteiger partial charge in [-0.25, -0.2) is 9.82 Å². The van der Waals surface area contributed by atoms with Crippen LogP contribution < -0.4 is 10.2 Å². The van der Waals surface area contributed by atoms with Crippen LogP contribution in [0.15, 0.2) is 90.0 Å². The minimum atomic E-state index is -0.398. The van der Waals surface area contributed by atoms with Crippen molar-refractivity contribution in [2.45, 2.75) is 6.61 Å². The zero-order valence-electron chi connectivity index (χ0n) is 16.5. The molecule has 0 atom stereocenters. The van der Waals surface area contributed by atoms with Crippen LogP contribution in [0.5, 0.6) is 11.5 Å². The van der Waals surface area contributed by atoms with Gasteiger partial charge in [-0.2, -0.15) is 5.10 Å². The van der Waals surface area contributed by atoms with Crippen molar-refractivity contribution in [1.29, 1.82) is 0 Å². The molecule has 5 nitrogen and oxygen atoms in total. The van der Waals surface area contributed by atoms with Crippen LogP contribution in [-0.4, -0.2) is 17.2 Å². The number of fused-ring (bicyclic) bond motifs is 1. The Morgan fingerprint density at radius 3 is 2.48 bits per heavy atom. The molecule has 0 radical (unpaired) electrons. The van der Waals surface area contributed by atoms with Gasteiger partial charge in [0.2, 0.25) is 0 Å². The van der Waals surface area contributed by atoms with Crippen molar-refractivity contribution in [2.75, 3.05) is 0 Å². The quantitative estimate of drug-likeness (QED) is 0.343. The molecule has 0 aliphatic heterocycles. The van der Waals surface area contributed by atoms with E-state index in [1.165, 1.54) is 36.4 Å². The second kappa shape index (κ2) is 9.09. The summed E-state index contributed by atoms with van der Waals surface area (Å²) in [6.45, 7) is 0.263. The second-order valence-corrected chi connectivity index (χ2v) is 6.86. The van der Waals surface area contributed by atoms with E-state index in [0.29, 0.717) is 16.9 Å². The number of phenolic OH excluding ortho intramolecular Hbond substituents is 1. The summed E-state index contributed by atoms with van der Waals surface area (Å²) in [5, 5.41) is 15.4. The van der Waals surface area contributed by atoms with Crippen molar-refractivity contribution < 1.29 is 19.0 Å². The highest BCUT2D eigenvalue weighted by Crippen LogP contribution is 2.27. The van der Waals surface area contributed by atoms with Crippen LogP contribution in [0.3, 0.4) is 0 Å². The number of aromatic hydroxyl groups is 1. The number of benzene rings is 4. The third kappa shape index (κ3) is 4.87. The van der Waals surface area contributed by atoms with Gasteiger partial charge in [0.05, 0.1) is 6.21 Å². The normalized spacial score (nSPS) is 11.0. The lowest BCUT2D eigenvalue weighted by molar-refractivity contribution is 0.0955. The van der Waals surface area contributed by atoms with Gasteiger partial charge in [0.25, 0.3) is 5.91 Å². The molecule has 31 heavy (non-hydrogen) atoms. The first-order valence-electron chi connectivity index (χ1n) is 9.61. The maximum atomic E-state index is 13.1. The van der Waals surface area contributed by atoms with E-state index < -0.39 is 5.91 Å². The average molecular weight is 414 g/mol. The van der Waals surface area contributed by atoms with E-state index in [2.05, 4.69) is 10.5 Å². The molecule has 4 aromatic rings. The number of hydrazone groups is 1. The lowest BCUT2D eigenvalue weighted by Gasteiger charge is -2.12. The molecule has 0 fully saturated rings. The highest BCUT2D eigenvalue weighted by atomic mass is 19.1. The summed E-state index contributed by atoms with van der Waals surface area (Å²) in [4.78, 5) is 12.3. The lowest BCUT2D eigenvalue weighted by Crippen LogP contribution is -2.17. The molecular formula is C25H19FN2O3. The molecule has 1 amide bonds. The number of nitrogens with one attached hydrogen (secondary N) is 1. The van der Waals surface area contributed by atoms with Crippen molar-refractivity contribution in [3.05, 3.63) is 107 Å². The third-order valence-corrected chi connectivity index (χ3v) is 4.73. The Bertz CT molecular complexity index is 1240. The number of carbonyl (C=O) groups excluding carboxylic acids is 1. The SMILES string of the molecule is O=C(N/N=C/c1c(OCc2ccc(F)cc2)ccc2ccccc12)c1ccc(O)cc1. The van der Waals surface area contributed by atoms with Crippen LogP contribution in [0.2, 0.25) is 0 Å². The van der Waals surface area contributed by atoms with Gasteiger partial charge in [-0.3, -0.25) is 4.79 Å². The zero-order valence-corrected chi connectivity index (χ0v) is 16.5. The van der Waals surface area contributed by atoms with E-state index in [1.807, 2.05) is 36.4 Å². The highest BCUT2D eigenvalue weighted by Gasteiger charge is 2.09. The van der Waals surface area contributed by atoms with Gasteiger partial charge in [-0.05, 0) is 58.8 Å². The Morgan fingerprint density at radius 2 is 1.71 bits per heavy atom. The number of nitrogens with zero attached hydrogens (tertiary/aromatic N) is 1. The number of rotatable bonds is 6. The largest absolute Gasteiger partial charge is 0.508 e. The third-order valence-electron chi connectivity index (χ3n) is 4.73. The Labute approximate surface area is 178 Å². The molecule has 0 heterocycles. The summed E-state index contributed by atoms with van der Waals surface area (Å²) in [5.74, 6) is -0.0266. The standard InChI is InChI=1S/C25H19FN2O3/c26-20-10-5-17(6-11-20)16-31-24-14-9-18-3-1-2-4-22(18)23(24)15-27-28-25(30)19-7-12-21(29)13-8-19/h1-15,29H,16H2,(H,28,30)/b27-15+. The maximum Gasteiger partial charge on any atom is 0.271 e. The van der Waals surface area contributed by atoms with E-state index >= 15 is 0 Å². The van der Waals surface area contributed by atoms with E-state index in [4.69, 9.17) is 4.74 Å². The molecule has 0 unspecified atom stereocenters. The lowest BCUT2D eigenvalue weighted by atomic mass is 10.0. The first-order chi connectivity index (χ1) is 15.1. The summed E-state index contributed by atoms with van der Waals surface area (Å²) >= 11 is 0. The number of carbonyl (C=O) groups is 1. The number of hydrogen-bond acceptors (Lipinski definition) is 4. The van der Waals surface area contributed by atoms with Crippen molar-refractivity contribution in [3.8, 4) is 11.5 Å². The van der Waals surface area contributed by atoms with E-state index in [9.17, 15) is 14.3 Å². The summed E-state index contributed by atoms with van der Waals surface area (Å²) < 4.78 is 19.1. The van der Waals surface area contributed by atoms with Crippen molar-refractivity contribution >= 4 is 22.9 Å². The van der Waals surface area contributed by atoms with Crippen molar-refractivity contribution in [2.24, 2.45) is 5.10 Å². The van der Waals surface area contributed by atoms with Crippen LogP contribution in [0, 0.1) is 5.82 Å². The monoisotopic (exact) mass is 414 g/mol. The van der Waals surface area contributed by atoms with E-state index in [0.717, 1.165) is 16.3 Å². The topological polar surface area (TPSA) is 70.9 Å². The van der Waals surface area contributed by atoms with Crippen LogP contribution in [0.1, 0.15) is 21.5 Å². The molecule has 0 saturated carbocycles. The fourth-order valence-corrected chi connectivity index (χ4v) is 3.11. The zero-order chi connectivity index (χ0) is 21.6. The molecule has 2 N–H and O–H groups in total. The molecule has 0 bridgehead atoms. The van der Waals surface area contributed by atoms with Gasteiger partial charge < -0.3 is 9.84 Å². The molecule has 4 aromatic carbocycles. The number of halogens is 1. The Hall–Kier alpha value is -4.19. The summed E-state index contributed by atoms with van der Waals surface area (Å²) in [7, 11) is 0. The molecule has 0 aromatic heterocycles. The number of amides is 1. The van der Waals surface area contributed by atoms with Gasteiger partial charge in [-0.15, -0.1) is 0 Å². The predicted octanol–water partition coefficient (Wildman–Crippen LogP) is 5.03. The molecule has 0 saturated heterocycles. The second-order valence-electron chi connectivity index (χ2n) is 6.86. The summed E-state index contributed by atoms with van der Waals surface area (Å²) in [6.07, 6.45) is 1.54. The fourth-order valence-electron chi connectivity index (χ4n) is 3.11. The summed E-state index contributed by atoms with van der Waals surface area (Å²) in [6, 6.07) is 23.6. The molecule has 0 spiro atoms. The number of ether oxygens (including phenoxy) is 1. The minimum absolute atomic E-state index is 0.0822. The Morgan fingerprint density at radius 1 is 0.968 bits per heavy atom. The summed E-state index contributed by atoms with van der Waals surface area (Å²) in [5.41, 5.74) is 4.41. The first-order valence-corrected chi connectivity index (χ1v) is 9.61. The molecular weight excluding hydrogens is 395 g/mol. The predicted molar refractivity (Wildman–Crippen MR) is 118 cm³/mol. The smallest absolute Gasteiger partial charge is 0.271 e. The first kappa shape index (κ1) is 20.1. The molecule has 4 rings (SSSR count). The average Bonchev–Trinajstić information content (AvgIpc) is 2.79. The van der Waals surface area contributed by atoms with Crippen LogP contribution in [-0.2, 0) is 6.61 Å². The van der Waals surface area contributed by atoms with Crippen molar-refractivity contribution in [3.63, 3.8) is 0 Å². The molecule has 0 aliphatic rings.